The fourth-order valence-electron chi connectivity index (χ4n) is 2.01. The second-order valence-corrected chi connectivity index (χ2v) is 4.52. The number of hydrogen-bond donors (Lipinski definition) is 1. The Balaban J connectivity index is 2.41. The van der Waals surface area contributed by atoms with Crippen molar-refractivity contribution in [3.63, 3.8) is 0 Å². The highest BCUT2D eigenvalue weighted by molar-refractivity contribution is 5.86. The number of anilines is 1. The molecule has 0 unspecified atom stereocenters. The van der Waals surface area contributed by atoms with Gasteiger partial charge in [-0.2, -0.15) is 0 Å². The number of benzene rings is 1. The highest BCUT2D eigenvalue weighted by Crippen LogP contribution is 2.27. The summed E-state index contributed by atoms with van der Waals surface area (Å²) in [6.45, 7) is 5.25. The quantitative estimate of drug-likeness (QED) is 0.898. The van der Waals surface area contributed by atoms with E-state index in [2.05, 4.69) is 4.98 Å². The Kier molecular flexibility index (Phi) is 4.12. The standard InChI is InChI=1S/C14H20N4O2/c1-4-17(3)12(19)9-18-10-7-6-8-11(20-5-2)13(10)16-14(18)15/h6-8H,4-5,9H2,1-3H3,(H2,15,16). The molecule has 1 heterocycles. The highest BCUT2D eigenvalue weighted by atomic mass is 16.5. The van der Waals surface area contributed by atoms with Crippen LogP contribution in [0.1, 0.15) is 13.8 Å². The van der Waals surface area contributed by atoms with Gasteiger partial charge in [0.05, 0.1) is 12.1 Å². The molecular weight excluding hydrogens is 256 g/mol. The summed E-state index contributed by atoms with van der Waals surface area (Å²) in [5.41, 5.74) is 7.44. The fraction of sp³-hybridized carbons (Fsp3) is 0.429. The summed E-state index contributed by atoms with van der Waals surface area (Å²) in [6.07, 6.45) is 0. The first-order chi connectivity index (χ1) is 9.58. The molecule has 6 heteroatoms. The van der Waals surface area contributed by atoms with E-state index in [9.17, 15) is 4.79 Å². The van der Waals surface area contributed by atoms with E-state index in [1.165, 1.54) is 0 Å². The molecule has 108 valence electrons. The summed E-state index contributed by atoms with van der Waals surface area (Å²) in [6, 6.07) is 5.61. The average Bonchev–Trinajstić information content (AvgIpc) is 2.76. The molecule has 0 atom stereocenters. The zero-order valence-corrected chi connectivity index (χ0v) is 12.1. The molecule has 2 aromatic rings. The Hall–Kier alpha value is -2.24. The lowest BCUT2D eigenvalue weighted by Gasteiger charge is -2.15. The lowest BCUT2D eigenvalue weighted by atomic mass is 10.3. The molecule has 0 bridgehead atoms. The van der Waals surface area contributed by atoms with Crippen LogP contribution in [0, 0.1) is 0 Å². The van der Waals surface area contributed by atoms with Gasteiger partial charge in [-0.15, -0.1) is 0 Å². The number of fused-ring (bicyclic) bond motifs is 1. The second kappa shape index (κ2) is 5.81. The lowest BCUT2D eigenvalue weighted by Crippen LogP contribution is -2.30. The van der Waals surface area contributed by atoms with E-state index in [0.717, 1.165) is 5.52 Å². The number of para-hydroxylation sites is 1. The molecule has 0 fully saturated rings. The van der Waals surface area contributed by atoms with Crippen LogP contribution in [0.4, 0.5) is 5.95 Å². The molecule has 0 radical (unpaired) electrons. The number of nitrogens with two attached hydrogens (primary N) is 1. The normalized spacial score (nSPS) is 10.8. The smallest absolute Gasteiger partial charge is 0.242 e. The first-order valence-electron chi connectivity index (χ1n) is 6.70. The summed E-state index contributed by atoms with van der Waals surface area (Å²) in [4.78, 5) is 18.0. The van der Waals surface area contributed by atoms with Crippen molar-refractivity contribution in [3.8, 4) is 5.75 Å². The Labute approximate surface area is 118 Å². The monoisotopic (exact) mass is 276 g/mol. The van der Waals surface area contributed by atoms with Gasteiger partial charge >= 0.3 is 0 Å². The van der Waals surface area contributed by atoms with Gasteiger partial charge in [0, 0.05) is 13.6 Å². The number of likely N-dealkylation sites (N-methyl/N-ethyl adjacent to an activating group) is 1. The van der Waals surface area contributed by atoms with Gasteiger partial charge in [-0.05, 0) is 26.0 Å². The summed E-state index contributed by atoms with van der Waals surface area (Å²) < 4.78 is 7.25. The molecule has 1 aromatic heterocycles. The maximum atomic E-state index is 12.0. The van der Waals surface area contributed by atoms with Gasteiger partial charge in [-0.1, -0.05) is 6.07 Å². The van der Waals surface area contributed by atoms with Crippen molar-refractivity contribution >= 4 is 22.9 Å². The molecule has 1 amide bonds. The van der Waals surface area contributed by atoms with Crippen LogP contribution in [-0.4, -0.2) is 40.6 Å². The van der Waals surface area contributed by atoms with Gasteiger partial charge in [0.15, 0.2) is 0 Å². The Morgan fingerprint density at radius 2 is 2.20 bits per heavy atom. The summed E-state index contributed by atoms with van der Waals surface area (Å²) in [5, 5.41) is 0. The van der Waals surface area contributed by atoms with Gasteiger partial charge in [0.25, 0.3) is 0 Å². The molecule has 6 nitrogen and oxygen atoms in total. The van der Waals surface area contributed by atoms with Gasteiger partial charge < -0.3 is 19.9 Å². The van der Waals surface area contributed by atoms with Gasteiger partial charge in [-0.25, -0.2) is 4.98 Å². The number of imidazole rings is 1. The Morgan fingerprint density at radius 3 is 2.85 bits per heavy atom. The first kappa shape index (κ1) is 14.2. The third-order valence-corrected chi connectivity index (χ3v) is 3.26. The average molecular weight is 276 g/mol. The summed E-state index contributed by atoms with van der Waals surface area (Å²) >= 11 is 0. The molecule has 2 rings (SSSR count). The molecule has 0 saturated carbocycles. The maximum absolute atomic E-state index is 12.0. The van der Waals surface area contributed by atoms with Gasteiger partial charge in [0.1, 0.15) is 17.8 Å². The topological polar surface area (TPSA) is 73.4 Å². The molecule has 0 saturated heterocycles. The molecule has 2 N–H and O–H groups in total. The van der Waals surface area contributed by atoms with Crippen molar-refractivity contribution in [1.82, 2.24) is 14.5 Å². The molecule has 0 aliphatic carbocycles. The Bertz CT molecular complexity index is 621. The van der Waals surface area contributed by atoms with Crippen LogP contribution < -0.4 is 10.5 Å². The minimum absolute atomic E-state index is 0.000290. The van der Waals surface area contributed by atoms with Crippen molar-refractivity contribution in [2.45, 2.75) is 20.4 Å². The van der Waals surface area contributed by atoms with E-state index in [0.29, 0.717) is 30.4 Å². The third kappa shape index (κ3) is 2.54. The lowest BCUT2D eigenvalue weighted by molar-refractivity contribution is -0.130. The number of nitrogen functional groups attached to an aromatic ring is 1. The number of carbonyl (C=O) groups excluding carboxylic acids is 1. The van der Waals surface area contributed by atoms with Crippen LogP contribution in [0.3, 0.4) is 0 Å². The largest absolute Gasteiger partial charge is 0.492 e. The van der Waals surface area contributed by atoms with E-state index in [1.807, 2.05) is 32.0 Å². The predicted octanol–water partition coefficient (Wildman–Crippen LogP) is 1.50. The van der Waals surface area contributed by atoms with Gasteiger partial charge in [0.2, 0.25) is 11.9 Å². The zero-order valence-electron chi connectivity index (χ0n) is 12.1. The van der Waals surface area contributed by atoms with Crippen LogP contribution in [0.5, 0.6) is 5.75 Å². The van der Waals surface area contributed by atoms with Crippen molar-refractivity contribution in [1.29, 1.82) is 0 Å². The zero-order chi connectivity index (χ0) is 14.7. The highest BCUT2D eigenvalue weighted by Gasteiger charge is 2.16. The van der Waals surface area contributed by atoms with Crippen LogP contribution in [0.2, 0.25) is 0 Å². The molecular formula is C14H20N4O2. The van der Waals surface area contributed by atoms with Crippen LogP contribution in [0.25, 0.3) is 11.0 Å². The number of rotatable bonds is 5. The minimum Gasteiger partial charge on any atom is -0.492 e. The van der Waals surface area contributed by atoms with Crippen LogP contribution in [0.15, 0.2) is 18.2 Å². The third-order valence-electron chi connectivity index (χ3n) is 3.26. The Morgan fingerprint density at radius 1 is 1.45 bits per heavy atom. The number of ether oxygens (including phenoxy) is 1. The second-order valence-electron chi connectivity index (χ2n) is 4.52. The minimum atomic E-state index is 0.000290. The van der Waals surface area contributed by atoms with Crippen molar-refractivity contribution < 1.29 is 9.53 Å². The number of hydrogen-bond acceptors (Lipinski definition) is 4. The molecule has 20 heavy (non-hydrogen) atoms. The number of carbonyl (C=O) groups is 1. The number of aromatic nitrogens is 2. The molecule has 0 spiro atoms. The van der Waals surface area contributed by atoms with Crippen LogP contribution in [-0.2, 0) is 11.3 Å². The van der Waals surface area contributed by atoms with Crippen molar-refractivity contribution in [3.05, 3.63) is 18.2 Å². The van der Waals surface area contributed by atoms with Crippen molar-refractivity contribution in [2.24, 2.45) is 0 Å². The SMILES string of the molecule is CCOc1cccc2c1nc(N)n2CC(=O)N(C)CC. The van der Waals surface area contributed by atoms with E-state index in [1.54, 1.807) is 16.5 Å². The summed E-state index contributed by atoms with van der Waals surface area (Å²) in [7, 11) is 1.77. The van der Waals surface area contributed by atoms with Crippen molar-refractivity contribution in [2.75, 3.05) is 25.9 Å². The summed E-state index contributed by atoms with van der Waals surface area (Å²) in [5.74, 6) is 1.01. The van der Waals surface area contributed by atoms with E-state index < -0.39 is 0 Å². The number of nitrogens with zero attached hydrogens (tertiary/aromatic N) is 3. The molecule has 1 aromatic carbocycles. The molecule has 0 aliphatic heterocycles. The number of amides is 1. The first-order valence-corrected chi connectivity index (χ1v) is 6.70. The predicted molar refractivity (Wildman–Crippen MR) is 78.6 cm³/mol. The van der Waals surface area contributed by atoms with E-state index in [-0.39, 0.29) is 12.5 Å². The fourth-order valence-corrected chi connectivity index (χ4v) is 2.01. The van der Waals surface area contributed by atoms with Gasteiger partial charge in [-0.3, -0.25) is 4.79 Å². The molecule has 0 aliphatic rings. The van der Waals surface area contributed by atoms with E-state index >= 15 is 0 Å². The van der Waals surface area contributed by atoms with E-state index in [4.69, 9.17) is 10.5 Å². The maximum Gasteiger partial charge on any atom is 0.242 e. The van der Waals surface area contributed by atoms with Crippen LogP contribution >= 0.6 is 0 Å².